The number of hydrogen-bond acceptors (Lipinski definition) is 4. The summed E-state index contributed by atoms with van der Waals surface area (Å²) in [6, 6.07) is 63.3. The summed E-state index contributed by atoms with van der Waals surface area (Å²) < 4.78 is 8.62. The molecule has 252 valence electrons. The zero-order valence-corrected chi connectivity index (χ0v) is 29.0. The molecule has 0 bridgehead atoms. The molecule has 0 atom stereocenters. The van der Waals surface area contributed by atoms with E-state index in [1.165, 1.54) is 10.8 Å². The molecule has 54 heavy (non-hydrogen) atoms. The van der Waals surface area contributed by atoms with E-state index in [4.69, 9.17) is 19.4 Å². The van der Waals surface area contributed by atoms with E-state index >= 15 is 0 Å². The van der Waals surface area contributed by atoms with Crippen molar-refractivity contribution in [2.45, 2.75) is 0 Å². The van der Waals surface area contributed by atoms with Crippen molar-refractivity contribution in [3.05, 3.63) is 182 Å². The van der Waals surface area contributed by atoms with E-state index < -0.39 is 0 Å². The summed E-state index contributed by atoms with van der Waals surface area (Å²) in [6.07, 6.45) is 0. The van der Waals surface area contributed by atoms with Gasteiger partial charge in [0.1, 0.15) is 11.2 Å². The maximum Gasteiger partial charge on any atom is 0.164 e. The van der Waals surface area contributed by atoms with Gasteiger partial charge in [0.2, 0.25) is 0 Å². The van der Waals surface area contributed by atoms with Gasteiger partial charge in [0.05, 0.1) is 11.0 Å². The third kappa shape index (κ3) is 4.83. The van der Waals surface area contributed by atoms with Gasteiger partial charge >= 0.3 is 0 Å². The molecule has 0 amide bonds. The van der Waals surface area contributed by atoms with Crippen molar-refractivity contribution >= 4 is 54.5 Å². The summed E-state index contributed by atoms with van der Waals surface area (Å²) in [5.74, 6) is 1.81. The lowest BCUT2D eigenvalue weighted by Gasteiger charge is -2.11. The van der Waals surface area contributed by atoms with Crippen molar-refractivity contribution in [1.29, 1.82) is 0 Å². The molecule has 3 aromatic heterocycles. The summed E-state index contributed by atoms with van der Waals surface area (Å²) in [7, 11) is 0. The van der Waals surface area contributed by atoms with Crippen LogP contribution in [0, 0.1) is 0 Å². The predicted octanol–water partition coefficient (Wildman–Crippen LogP) is 12.7. The van der Waals surface area contributed by atoms with E-state index in [-0.39, 0.29) is 0 Å². The molecular formula is C49H30N4O. The highest BCUT2D eigenvalue weighted by atomic mass is 16.3. The molecule has 0 radical (unpaired) electrons. The molecule has 0 unspecified atom stereocenters. The Kier molecular flexibility index (Phi) is 6.79. The molecular weight excluding hydrogens is 661 g/mol. The number of fused-ring (bicyclic) bond motifs is 7. The fourth-order valence-corrected chi connectivity index (χ4v) is 7.95. The van der Waals surface area contributed by atoms with Gasteiger partial charge in [-0.25, -0.2) is 15.0 Å². The maximum atomic E-state index is 6.30. The third-order valence-corrected chi connectivity index (χ3v) is 10.5. The monoisotopic (exact) mass is 690 g/mol. The van der Waals surface area contributed by atoms with E-state index in [9.17, 15) is 0 Å². The number of aromatic nitrogens is 4. The zero-order valence-electron chi connectivity index (χ0n) is 29.0. The minimum absolute atomic E-state index is 0.592. The first-order chi connectivity index (χ1) is 26.8. The second kappa shape index (κ2) is 12.1. The average Bonchev–Trinajstić information content (AvgIpc) is 3.80. The molecule has 8 aromatic carbocycles. The van der Waals surface area contributed by atoms with Crippen LogP contribution in [0.5, 0.6) is 0 Å². The molecule has 0 aliphatic heterocycles. The summed E-state index contributed by atoms with van der Waals surface area (Å²) in [5, 5.41) is 6.69. The molecule has 0 spiro atoms. The van der Waals surface area contributed by atoms with Crippen molar-refractivity contribution in [3.8, 4) is 51.0 Å². The number of rotatable bonds is 5. The van der Waals surface area contributed by atoms with Crippen LogP contribution in [0.1, 0.15) is 0 Å². The Bertz CT molecular complexity index is 3210. The number of benzene rings is 8. The number of hydrogen-bond donors (Lipinski definition) is 0. The van der Waals surface area contributed by atoms with E-state index in [1.807, 2.05) is 30.3 Å². The van der Waals surface area contributed by atoms with Crippen molar-refractivity contribution in [3.63, 3.8) is 0 Å². The second-order valence-corrected chi connectivity index (χ2v) is 13.6. The SMILES string of the molecule is c1ccc(-n2c3ccccc3c3c(-c4nc(-c5ccc(-c6ccc7ccccc7c6)cc5)nc(-c5cccc6oc7ccccc7c56)n4)cccc32)cc1. The van der Waals surface area contributed by atoms with Crippen LogP contribution in [-0.4, -0.2) is 19.5 Å². The molecule has 5 nitrogen and oxygen atoms in total. The molecule has 0 aliphatic rings. The van der Waals surface area contributed by atoms with Crippen LogP contribution in [0.2, 0.25) is 0 Å². The first-order valence-electron chi connectivity index (χ1n) is 18.1. The summed E-state index contributed by atoms with van der Waals surface area (Å²) in [6.45, 7) is 0. The molecule has 5 heteroatoms. The Morgan fingerprint density at radius 2 is 0.963 bits per heavy atom. The van der Waals surface area contributed by atoms with Crippen molar-refractivity contribution in [2.24, 2.45) is 0 Å². The van der Waals surface area contributed by atoms with Crippen molar-refractivity contribution in [1.82, 2.24) is 19.5 Å². The van der Waals surface area contributed by atoms with Crippen molar-refractivity contribution < 1.29 is 4.42 Å². The standard InChI is InChI=1S/C49H30N4O/c1-2-14-36(15-3-1)53-41-20-8-6-16-37(41)45-39(18-10-21-42(45)53)48-50-47(33-27-24-32(25-28-33)35-29-26-31-12-4-5-13-34(31)30-35)51-49(52-48)40-19-11-23-44-46(40)38-17-7-9-22-43(38)54-44/h1-30H. The first-order valence-corrected chi connectivity index (χ1v) is 18.1. The quantitative estimate of drug-likeness (QED) is 0.180. The van der Waals surface area contributed by atoms with Crippen LogP contribution in [0.3, 0.4) is 0 Å². The van der Waals surface area contributed by atoms with E-state index in [0.717, 1.165) is 77.2 Å². The van der Waals surface area contributed by atoms with Crippen LogP contribution in [0.25, 0.3) is 105 Å². The minimum atomic E-state index is 0.592. The fraction of sp³-hybridized carbons (Fsp3) is 0. The van der Waals surface area contributed by atoms with Gasteiger partial charge in [-0.05, 0) is 64.4 Å². The van der Waals surface area contributed by atoms with Gasteiger partial charge in [-0.3, -0.25) is 0 Å². The Morgan fingerprint density at radius 1 is 0.370 bits per heavy atom. The van der Waals surface area contributed by atoms with Gasteiger partial charge in [-0.2, -0.15) is 0 Å². The van der Waals surface area contributed by atoms with Crippen LogP contribution in [0.15, 0.2) is 186 Å². The zero-order chi connectivity index (χ0) is 35.6. The van der Waals surface area contributed by atoms with Gasteiger partial charge < -0.3 is 8.98 Å². The number of para-hydroxylation sites is 3. The third-order valence-electron chi connectivity index (χ3n) is 10.5. The lowest BCUT2D eigenvalue weighted by molar-refractivity contribution is 0.669. The lowest BCUT2D eigenvalue weighted by atomic mass is 10.00. The Hall–Kier alpha value is -7.37. The summed E-state index contributed by atoms with van der Waals surface area (Å²) in [4.78, 5) is 15.8. The molecule has 0 N–H and O–H groups in total. The molecule has 11 aromatic rings. The number of nitrogens with zero attached hydrogens (tertiary/aromatic N) is 4. The topological polar surface area (TPSA) is 56.7 Å². The van der Waals surface area contributed by atoms with E-state index in [2.05, 4.69) is 156 Å². The minimum Gasteiger partial charge on any atom is -0.456 e. The highest BCUT2D eigenvalue weighted by molar-refractivity contribution is 6.15. The smallest absolute Gasteiger partial charge is 0.164 e. The van der Waals surface area contributed by atoms with Crippen LogP contribution in [0.4, 0.5) is 0 Å². The van der Waals surface area contributed by atoms with Gasteiger partial charge in [-0.15, -0.1) is 0 Å². The predicted molar refractivity (Wildman–Crippen MR) is 221 cm³/mol. The molecule has 11 rings (SSSR count). The normalized spacial score (nSPS) is 11.7. The highest BCUT2D eigenvalue weighted by Gasteiger charge is 2.21. The van der Waals surface area contributed by atoms with Crippen LogP contribution >= 0.6 is 0 Å². The Morgan fingerprint density at radius 3 is 1.80 bits per heavy atom. The van der Waals surface area contributed by atoms with Crippen LogP contribution in [-0.2, 0) is 0 Å². The van der Waals surface area contributed by atoms with E-state index in [1.54, 1.807) is 0 Å². The Labute approximate surface area is 310 Å². The molecule has 0 aliphatic carbocycles. The fourth-order valence-electron chi connectivity index (χ4n) is 7.95. The van der Waals surface area contributed by atoms with E-state index in [0.29, 0.717) is 17.5 Å². The van der Waals surface area contributed by atoms with Gasteiger partial charge in [0.25, 0.3) is 0 Å². The second-order valence-electron chi connectivity index (χ2n) is 13.6. The van der Waals surface area contributed by atoms with Gasteiger partial charge in [0.15, 0.2) is 17.5 Å². The largest absolute Gasteiger partial charge is 0.456 e. The molecule has 3 heterocycles. The molecule has 0 saturated heterocycles. The van der Waals surface area contributed by atoms with Gasteiger partial charge in [0, 0.05) is 43.9 Å². The average molecular weight is 691 g/mol. The maximum absolute atomic E-state index is 6.30. The summed E-state index contributed by atoms with van der Waals surface area (Å²) in [5.41, 5.74) is 9.99. The summed E-state index contributed by atoms with van der Waals surface area (Å²) >= 11 is 0. The molecule has 0 fully saturated rings. The van der Waals surface area contributed by atoms with Gasteiger partial charge in [-0.1, -0.05) is 140 Å². The Balaban J connectivity index is 1.14. The number of furan rings is 1. The van der Waals surface area contributed by atoms with Crippen LogP contribution < -0.4 is 0 Å². The molecule has 0 saturated carbocycles. The lowest BCUT2D eigenvalue weighted by Crippen LogP contribution is -2.01. The highest BCUT2D eigenvalue weighted by Crippen LogP contribution is 2.40. The van der Waals surface area contributed by atoms with Crippen molar-refractivity contribution in [2.75, 3.05) is 0 Å². The first kappa shape index (κ1) is 30.3.